The lowest BCUT2D eigenvalue weighted by molar-refractivity contribution is -0.00876. The molecule has 1 aliphatic heterocycles. The topological polar surface area (TPSA) is 53.6 Å². The van der Waals surface area contributed by atoms with Gasteiger partial charge in [0.25, 0.3) is 0 Å². The number of rotatable bonds is 7. The van der Waals surface area contributed by atoms with Crippen molar-refractivity contribution < 1.29 is 9.53 Å². The third-order valence-electron chi connectivity index (χ3n) is 4.64. The standard InChI is InChI=1S/C19H31N3O2/c1-16(9-10-17-7-5-4-6-8-17)21-18(23)20-15-19(2,3)22-11-13-24-14-12-22/h4-8,16H,9-15H2,1-3H3,(H2,20,21,23)/t16-/m1/s1. The zero-order valence-electron chi connectivity index (χ0n) is 15.2. The van der Waals surface area contributed by atoms with Gasteiger partial charge in [-0.05, 0) is 39.2 Å². The summed E-state index contributed by atoms with van der Waals surface area (Å²) in [5.74, 6) is 0. The van der Waals surface area contributed by atoms with Crippen molar-refractivity contribution in [1.82, 2.24) is 15.5 Å². The number of carbonyl (C=O) groups excluding carboxylic acids is 1. The molecule has 134 valence electrons. The summed E-state index contributed by atoms with van der Waals surface area (Å²) in [5.41, 5.74) is 1.24. The van der Waals surface area contributed by atoms with Gasteiger partial charge in [-0.3, -0.25) is 4.90 Å². The lowest BCUT2D eigenvalue weighted by atomic mass is 10.0. The Morgan fingerprint density at radius 2 is 1.92 bits per heavy atom. The van der Waals surface area contributed by atoms with Crippen LogP contribution < -0.4 is 10.6 Å². The van der Waals surface area contributed by atoms with Crippen LogP contribution in [0.4, 0.5) is 4.79 Å². The van der Waals surface area contributed by atoms with Gasteiger partial charge in [0.1, 0.15) is 0 Å². The van der Waals surface area contributed by atoms with Crippen LogP contribution in [-0.4, -0.2) is 55.4 Å². The molecular formula is C19H31N3O2. The summed E-state index contributed by atoms with van der Waals surface area (Å²) in [4.78, 5) is 14.5. The summed E-state index contributed by atoms with van der Waals surface area (Å²) in [7, 11) is 0. The molecule has 0 aromatic heterocycles. The number of ether oxygens (including phenoxy) is 1. The molecule has 0 aliphatic carbocycles. The minimum absolute atomic E-state index is 0.0611. The van der Waals surface area contributed by atoms with Crippen molar-refractivity contribution >= 4 is 6.03 Å². The lowest BCUT2D eigenvalue weighted by Crippen LogP contribution is -2.56. The van der Waals surface area contributed by atoms with E-state index in [2.05, 4.69) is 48.4 Å². The van der Waals surface area contributed by atoms with Crippen LogP contribution in [0.25, 0.3) is 0 Å². The van der Waals surface area contributed by atoms with E-state index in [1.807, 2.05) is 18.2 Å². The number of hydrogen-bond acceptors (Lipinski definition) is 3. The molecule has 1 aromatic rings. The number of carbonyl (C=O) groups is 1. The van der Waals surface area contributed by atoms with E-state index in [9.17, 15) is 4.79 Å². The van der Waals surface area contributed by atoms with Crippen molar-refractivity contribution in [2.24, 2.45) is 0 Å². The molecule has 1 fully saturated rings. The van der Waals surface area contributed by atoms with Crippen LogP contribution in [0.2, 0.25) is 0 Å². The van der Waals surface area contributed by atoms with Gasteiger partial charge in [-0.1, -0.05) is 30.3 Å². The first-order valence-corrected chi connectivity index (χ1v) is 8.88. The summed E-state index contributed by atoms with van der Waals surface area (Å²) in [5, 5.41) is 6.05. The van der Waals surface area contributed by atoms with Gasteiger partial charge < -0.3 is 15.4 Å². The molecule has 0 radical (unpaired) electrons. The normalized spacial score (nSPS) is 17.3. The Kier molecular flexibility index (Phi) is 7.06. The lowest BCUT2D eigenvalue weighted by Gasteiger charge is -2.40. The summed E-state index contributed by atoms with van der Waals surface area (Å²) >= 11 is 0. The average Bonchev–Trinajstić information content (AvgIpc) is 2.60. The zero-order chi connectivity index (χ0) is 17.4. The SMILES string of the molecule is C[C@H](CCc1ccccc1)NC(=O)NCC(C)(C)N1CCOCC1. The third-order valence-corrected chi connectivity index (χ3v) is 4.64. The molecule has 0 bridgehead atoms. The molecule has 5 nitrogen and oxygen atoms in total. The smallest absolute Gasteiger partial charge is 0.315 e. The third kappa shape index (κ3) is 6.13. The molecule has 1 aliphatic rings. The fourth-order valence-electron chi connectivity index (χ4n) is 2.95. The summed E-state index contributed by atoms with van der Waals surface area (Å²) in [6.07, 6.45) is 1.91. The Morgan fingerprint density at radius 3 is 2.58 bits per heavy atom. The van der Waals surface area contributed by atoms with Crippen molar-refractivity contribution in [3.05, 3.63) is 35.9 Å². The first kappa shape index (κ1) is 18.7. The van der Waals surface area contributed by atoms with Gasteiger partial charge >= 0.3 is 6.03 Å². The Labute approximate surface area is 145 Å². The van der Waals surface area contributed by atoms with Gasteiger partial charge in [-0.2, -0.15) is 0 Å². The molecule has 2 amide bonds. The zero-order valence-corrected chi connectivity index (χ0v) is 15.2. The molecule has 1 saturated heterocycles. The number of benzene rings is 1. The quantitative estimate of drug-likeness (QED) is 0.806. The first-order chi connectivity index (χ1) is 11.5. The van der Waals surface area contributed by atoms with Crippen molar-refractivity contribution in [2.75, 3.05) is 32.8 Å². The predicted molar refractivity (Wildman–Crippen MR) is 97.2 cm³/mol. The first-order valence-electron chi connectivity index (χ1n) is 8.88. The monoisotopic (exact) mass is 333 g/mol. The summed E-state index contributed by atoms with van der Waals surface area (Å²) in [6.45, 7) is 10.4. The second-order valence-corrected chi connectivity index (χ2v) is 7.16. The minimum atomic E-state index is -0.0862. The summed E-state index contributed by atoms with van der Waals surface area (Å²) in [6, 6.07) is 10.4. The van der Waals surface area contributed by atoms with Crippen molar-refractivity contribution in [3.63, 3.8) is 0 Å². The van der Waals surface area contributed by atoms with E-state index in [0.717, 1.165) is 39.1 Å². The second kappa shape index (κ2) is 9.04. The van der Waals surface area contributed by atoms with E-state index in [-0.39, 0.29) is 17.6 Å². The molecule has 1 atom stereocenters. The second-order valence-electron chi connectivity index (χ2n) is 7.16. The van der Waals surface area contributed by atoms with Crippen LogP contribution in [-0.2, 0) is 11.2 Å². The van der Waals surface area contributed by atoms with E-state index >= 15 is 0 Å². The molecular weight excluding hydrogens is 302 g/mol. The van der Waals surface area contributed by atoms with Crippen molar-refractivity contribution in [3.8, 4) is 0 Å². The maximum absolute atomic E-state index is 12.1. The highest BCUT2D eigenvalue weighted by molar-refractivity contribution is 5.74. The van der Waals surface area contributed by atoms with E-state index in [4.69, 9.17) is 4.74 Å². The van der Waals surface area contributed by atoms with Gasteiger partial charge in [0, 0.05) is 31.2 Å². The van der Waals surface area contributed by atoms with Crippen LogP contribution in [0.3, 0.4) is 0 Å². The number of amides is 2. The highest BCUT2D eigenvalue weighted by Crippen LogP contribution is 2.15. The molecule has 24 heavy (non-hydrogen) atoms. The Morgan fingerprint density at radius 1 is 1.25 bits per heavy atom. The molecule has 2 N–H and O–H groups in total. The number of morpholine rings is 1. The summed E-state index contributed by atoms with van der Waals surface area (Å²) < 4.78 is 5.40. The predicted octanol–water partition coefficient (Wildman–Crippen LogP) is 2.42. The number of nitrogens with one attached hydrogen (secondary N) is 2. The Bertz CT molecular complexity index is 499. The maximum atomic E-state index is 12.1. The Balaban J connectivity index is 1.68. The van der Waals surface area contributed by atoms with Crippen LogP contribution >= 0.6 is 0 Å². The van der Waals surface area contributed by atoms with E-state index < -0.39 is 0 Å². The number of urea groups is 1. The van der Waals surface area contributed by atoms with E-state index in [1.54, 1.807) is 0 Å². The number of nitrogens with zero attached hydrogens (tertiary/aromatic N) is 1. The van der Waals surface area contributed by atoms with Crippen LogP contribution in [0.15, 0.2) is 30.3 Å². The van der Waals surface area contributed by atoms with Gasteiger partial charge in [-0.15, -0.1) is 0 Å². The average molecular weight is 333 g/mol. The molecule has 0 unspecified atom stereocenters. The number of hydrogen-bond donors (Lipinski definition) is 2. The highest BCUT2D eigenvalue weighted by atomic mass is 16.5. The molecule has 2 rings (SSSR count). The van der Waals surface area contributed by atoms with Crippen LogP contribution in [0.1, 0.15) is 32.8 Å². The molecule has 0 spiro atoms. The molecule has 5 heteroatoms. The largest absolute Gasteiger partial charge is 0.379 e. The van der Waals surface area contributed by atoms with Crippen molar-refractivity contribution in [1.29, 1.82) is 0 Å². The van der Waals surface area contributed by atoms with Crippen LogP contribution in [0.5, 0.6) is 0 Å². The van der Waals surface area contributed by atoms with E-state index in [0.29, 0.717) is 6.54 Å². The van der Waals surface area contributed by atoms with Gasteiger partial charge in [-0.25, -0.2) is 4.79 Å². The fraction of sp³-hybridized carbons (Fsp3) is 0.632. The van der Waals surface area contributed by atoms with E-state index in [1.165, 1.54) is 5.56 Å². The van der Waals surface area contributed by atoms with Gasteiger partial charge in [0.2, 0.25) is 0 Å². The van der Waals surface area contributed by atoms with Gasteiger partial charge in [0.15, 0.2) is 0 Å². The fourth-order valence-corrected chi connectivity index (χ4v) is 2.95. The highest BCUT2D eigenvalue weighted by Gasteiger charge is 2.28. The minimum Gasteiger partial charge on any atom is -0.379 e. The maximum Gasteiger partial charge on any atom is 0.315 e. The van der Waals surface area contributed by atoms with Gasteiger partial charge in [0.05, 0.1) is 13.2 Å². The Hall–Kier alpha value is -1.59. The molecule has 1 heterocycles. The number of aryl methyl sites for hydroxylation is 1. The molecule has 1 aromatic carbocycles. The van der Waals surface area contributed by atoms with Crippen molar-refractivity contribution in [2.45, 2.75) is 45.2 Å². The van der Waals surface area contributed by atoms with Crippen LogP contribution in [0, 0.1) is 0 Å². The molecule has 0 saturated carbocycles.